The van der Waals surface area contributed by atoms with E-state index < -0.39 is 0 Å². The Morgan fingerprint density at radius 3 is 3.18 bits per heavy atom. The quantitative estimate of drug-likeness (QED) is 0.624. The van der Waals surface area contributed by atoms with Crippen molar-refractivity contribution in [2.75, 3.05) is 6.54 Å². The van der Waals surface area contributed by atoms with Crippen LogP contribution in [-0.2, 0) is 20.0 Å². The Morgan fingerprint density at radius 2 is 2.45 bits per heavy atom. The van der Waals surface area contributed by atoms with Crippen molar-refractivity contribution in [2.45, 2.75) is 13.0 Å². The number of fused-ring (bicyclic) bond motifs is 1. The molecule has 0 bridgehead atoms. The monoisotopic (exact) mass is 171 g/mol. The number of rotatable bonds is 0. The molecule has 2 heterocycles. The van der Waals surface area contributed by atoms with Crippen molar-refractivity contribution in [3.8, 4) is 0 Å². The molecular weight excluding hydrogens is 162 g/mol. The molecule has 60 valence electrons. The van der Waals surface area contributed by atoms with Crippen molar-refractivity contribution in [1.82, 2.24) is 15.1 Å². The molecule has 0 atom stereocenters. The third kappa shape index (κ3) is 1.04. The van der Waals surface area contributed by atoms with Crippen LogP contribution in [0.1, 0.15) is 11.3 Å². The molecule has 1 aliphatic rings. The molecule has 1 aromatic heterocycles. The zero-order valence-corrected chi connectivity index (χ0v) is 7.15. The first kappa shape index (κ1) is 7.13. The third-order valence-corrected chi connectivity index (χ3v) is 2.47. The van der Waals surface area contributed by atoms with E-state index in [1.54, 1.807) is 4.68 Å². The van der Waals surface area contributed by atoms with E-state index in [-0.39, 0.29) is 0 Å². The van der Waals surface area contributed by atoms with Crippen LogP contribution >= 0.6 is 11.6 Å². The molecule has 0 amide bonds. The summed E-state index contributed by atoms with van der Waals surface area (Å²) in [6.45, 7) is 1.87. The molecule has 4 heteroatoms. The minimum Gasteiger partial charge on any atom is -0.311 e. The molecule has 0 radical (unpaired) electrons. The molecule has 2 rings (SSSR count). The van der Waals surface area contributed by atoms with Crippen LogP contribution in [0.5, 0.6) is 0 Å². The average Bonchev–Trinajstić information content (AvgIpc) is 2.30. The molecular formula is C7H10ClN3. The van der Waals surface area contributed by atoms with Crippen LogP contribution in [0, 0.1) is 0 Å². The van der Waals surface area contributed by atoms with Gasteiger partial charge in [0, 0.05) is 19.2 Å². The molecule has 0 saturated heterocycles. The number of halogens is 1. The Hall–Kier alpha value is -0.540. The maximum Gasteiger partial charge on any atom is 0.130 e. The van der Waals surface area contributed by atoms with Crippen LogP contribution in [0.25, 0.3) is 0 Å². The van der Waals surface area contributed by atoms with E-state index in [1.165, 1.54) is 5.56 Å². The van der Waals surface area contributed by atoms with Crippen molar-refractivity contribution in [3.05, 3.63) is 16.4 Å². The highest BCUT2D eigenvalue weighted by Crippen LogP contribution is 2.21. The largest absolute Gasteiger partial charge is 0.311 e. The van der Waals surface area contributed by atoms with Crippen LogP contribution in [0.15, 0.2) is 0 Å². The zero-order chi connectivity index (χ0) is 7.84. The lowest BCUT2D eigenvalue weighted by Gasteiger charge is -2.10. The molecule has 1 aromatic rings. The topological polar surface area (TPSA) is 29.9 Å². The van der Waals surface area contributed by atoms with Gasteiger partial charge >= 0.3 is 0 Å². The van der Waals surface area contributed by atoms with Gasteiger partial charge in [-0.05, 0) is 13.0 Å². The summed E-state index contributed by atoms with van der Waals surface area (Å²) in [6, 6.07) is 0. The maximum absolute atomic E-state index is 6.00. The lowest BCUT2D eigenvalue weighted by molar-refractivity contribution is 0.625. The minimum atomic E-state index is 0.793. The van der Waals surface area contributed by atoms with E-state index in [0.29, 0.717) is 0 Å². The minimum absolute atomic E-state index is 0.793. The first-order chi connectivity index (χ1) is 5.29. The average molecular weight is 172 g/mol. The fraction of sp³-hybridized carbons (Fsp3) is 0.571. The van der Waals surface area contributed by atoms with E-state index in [0.717, 1.165) is 30.4 Å². The summed E-state index contributed by atoms with van der Waals surface area (Å²) < 4.78 is 1.74. The van der Waals surface area contributed by atoms with Crippen molar-refractivity contribution in [1.29, 1.82) is 0 Å². The highest BCUT2D eigenvalue weighted by atomic mass is 35.5. The number of hydrogen-bond acceptors (Lipinski definition) is 2. The Bertz CT molecular complexity index is 279. The van der Waals surface area contributed by atoms with Gasteiger partial charge in [0.1, 0.15) is 5.15 Å². The van der Waals surface area contributed by atoms with E-state index in [1.807, 2.05) is 7.05 Å². The third-order valence-electron chi connectivity index (χ3n) is 2.00. The lowest BCUT2D eigenvalue weighted by Crippen LogP contribution is -2.23. The number of aromatic nitrogens is 2. The normalized spacial score (nSPS) is 16.5. The van der Waals surface area contributed by atoms with Gasteiger partial charge in [0.05, 0.1) is 5.69 Å². The summed E-state index contributed by atoms with van der Waals surface area (Å²) in [6.07, 6.45) is 1.00. The molecule has 1 aliphatic heterocycles. The number of nitrogens with zero attached hydrogens (tertiary/aromatic N) is 2. The van der Waals surface area contributed by atoms with Gasteiger partial charge in [-0.15, -0.1) is 0 Å². The fourth-order valence-electron chi connectivity index (χ4n) is 1.41. The Balaban J connectivity index is 2.50. The summed E-state index contributed by atoms with van der Waals surface area (Å²) in [4.78, 5) is 0. The molecule has 1 N–H and O–H groups in total. The zero-order valence-electron chi connectivity index (χ0n) is 6.39. The summed E-state index contributed by atoms with van der Waals surface area (Å²) >= 11 is 6.00. The fourth-order valence-corrected chi connectivity index (χ4v) is 1.65. The highest BCUT2D eigenvalue weighted by Gasteiger charge is 2.16. The van der Waals surface area contributed by atoms with E-state index in [9.17, 15) is 0 Å². The molecule has 0 aromatic carbocycles. The van der Waals surface area contributed by atoms with E-state index >= 15 is 0 Å². The molecule has 0 spiro atoms. The second-order valence-corrected chi connectivity index (χ2v) is 3.12. The second-order valence-electron chi connectivity index (χ2n) is 2.77. The molecule has 0 fully saturated rings. The SMILES string of the molecule is Cn1nc2c(c1Cl)CCNC2. The van der Waals surface area contributed by atoms with Crippen LogP contribution in [-0.4, -0.2) is 16.3 Å². The van der Waals surface area contributed by atoms with Gasteiger partial charge < -0.3 is 5.32 Å². The predicted octanol–water partition coefficient (Wildman–Crippen LogP) is 0.719. The van der Waals surface area contributed by atoms with E-state index in [2.05, 4.69) is 10.4 Å². The van der Waals surface area contributed by atoms with Crippen LogP contribution in [0.2, 0.25) is 5.15 Å². The van der Waals surface area contributed by atoms with Gasteiger partial charge in [0.2, 0.25) is 0 Å². The van der Waals surface area contributed by atoms with E-state index in [4.69, 9.17) is 11.6 Å². The van der Waals surface area contributed by atoms with Gasteiger partial charge in [-0.1, -0.05) is 11.6 Å². The predicted molar refractivity (Wildman–Crippen MR) is 43.6 cm³/mol. The molecule has 0 saturated carbocycles. The Morgan fingerprint density at radius 1 is 1.64 bits per heavy atom. The van der Waals surface area contributed by atoms with Gasteiger partial charge in [0.15, 0.2) is 0 Å². The molecule has 0 unspecified atom stereocenters. The Kier molecular flexibility index (Phi) is 1.62. The number of nitrogens with one attached hydrogen (secondary N) is 1. The highest BCUT2D eigenvalue weighted by molar-refractivity contribution is 6.30. The smallest absolute Gasteiger partial charge is 0.130 e. The van der Waals surface area contributed by atoms with Gasteiger partial charge in [-0.25, -0.2) is 0 Å². The number of hydrogen-bond donors (Lipinski definition) is 1. The van der Waals surface area contributed by atoms with Gasteiger partial charge in [-0.3, -0.25) is 4.68 Å². The van der Waals surface area contributed by atoms with Gasteiger partial charge in [-0.2, -0.15) is 5.10 Å². The van der Waals surface area contributed by atoms with Crippen molar-refractivity contribution < 1.29 is 0 Å². The van der Waals surface area contributed by atoms with Crippen molar-refractivity contribution >= 4 is 11.6 Å². The molecule has 11 heavy (non-hydrogen) atoms. The number of aryl methyl sites for hydroxylation is 1. The van der Waals surface area contributed by atoms with Crippen LogP contribution in [0.3, 0.4) is 0 Å². The summed E-state index contributed by atoms with van der Waals surface area (Å²) in [5.74, 6) is 0. The maximum atomic E-state index is 6.00. The van der Waals surface area contributed by atoms with Gasteiger partial charge in [0.25, 0.3) is 0 Å². The summed E-state index contributed by atoms with van der Waals surface area (Å²) in [5.41, 5.74) is 2.32. The summed E-state index contributed by atoms with van der Waals surface area (Å²) in [7, 11) is 1.88. The van der Waals surface area contributed by atoms with Crippen molar-refractivity contribution in [2.24, 2.45) is 7.05 Å². The van der Waals surface area contributed by atoms with Crippen molar-refractivity contribution in [3.63, 3.8) is 0 Å². The summed E-state index contributed by atoms with van der Waals surface area (Å²) in [5, 5.41) is 8.31. The second kappa shape index (κ2) is 2.50. The Labute approximate surface area is 70.3 Å². The van der Waals surface area contributed by atoms with Crippen LogP contribution in [0.4, 0.5) is 0 Å². The molecule has 3 nitrogen and oxygen atoms in total. The lowest BCUT2D eigenvalue weighted by atomic mass is 10.1. The standard InChI is InChI=1S/C7H10ClN3/c1-11-7(8)5-2-3-9-4-6(5)10-11/h9H,2-4H2,1H3. The first-order valence-corrected chi connectivity index (χ1v) is 4.08. The van der Waals surface area contributed by atoms with Crippen LogP contribution < -0.4 is 5.32 Å². The molecule has 0 aliphatic carbocycles. The first-order valence-electron chi connectivity index (χ1n) is 3.70.